The van der Waals surface area contributed by atoms with Gasteiger partial charge in [-0.15, -0.1) is 5.10 Å². The van der Waals surface area contributed by atoms with Crippen molar-refractivity contribution in [1.29, 1.82) is 0 Å². The first kappa shape index (κ1) is 24.6. The van der Waals surface area contributed by atoms with E-state index in [0.29, 0.717) is 33.5 Å². The lowest BCUT2D eigenvalue weighted by atomic mass is 9.95. The lowest BCUT2D eigenvalue weighted by Crippen LogP contribution is -2.29. The number of anilines is 1. The summed E-state index contributed by atoms with van der Waals surface area (Å²) >= 11 is 4.53. The fourth-order valence-electron chi connectivity index (χ4n) is 3.60. The average molecular weight is 558 g/mol. The molecule has 1 aliphatic rings. The number of thioether (sulfide) groups is 1. The summed E-state index contributed by atoms with van der Waals surface area (Å²) < 4.78 is 7.68. The van der Waals surface area contributed by atoms with Gasteiger partial charge >= 0.3 is 5.97 Å². The van der Waals surface area contributed by atoms with Gasteiger partial charge < -0.3 is 10.1 Å². The lowest BCUT2D eigenvalue weighted by Gasteiger charge is -2.28. The monoisotopic (exact) mass is 557 g/mol. The van der Waals surface area contributed by atoms with Crippen LogP contribution in [-0.4, -0.2) is 43.8 Å². The van der Waals surface area contributed by atoms with Gasteiger partial charge in [0.1, 0.15) is 6.04 Å². The smallest absolute Gasteiger partial charge is 0.338 e. The van der Waals surface area contributed by atoms with E-state index in [2.05, 4.69) is 31.3 Å². The number of carbonyl (C=O) groups excluding carboxylic acids is 2. The molecule has 0 spiro atoms. The van der Waals surface area contributed by atoms with Gasteiger partial charge in [0.2, 0.25) is 11.1 Å². The molecule has 1 aromatic heterocycles. The highest BCUT2D eigenvalue weighted by Crippen LogP contribution is 2.37. The number of nitrogens with zero attached hydrogens (tertiary/aromatic N) is 4. The number of nitro groups is 1. The van der Waals surface area contributed by atoms with Crippen molar-refractivity contribution in [3.8, 4) is 0 Å². The molecule has 10 nitrogen and oxygen atoms in total. The molecule has 1 atom stereocenters. The molecule has 0 saturated heterocycles. The Balaban J connectivity index is 1.65. The molecule has 180 valence electrons. The number of fused-ring (bicyclic) bond motifs is 1. The van der Waals surface area contributed by atoms with Crippen LogP contribution in [0.3, 0.4) is 0 Å². The fraction of sp³-hybridized carbons (Fsp3) is 0.217. The summed E-state index contributed by atoms with van der Waals surface area (Å²) in [4.78, 5) is 40.5. The Morgan fingerprint density at radius 3 is 2.51 bits per heavy atom. The first-order valence-electron chi connectivity index (χ1n) is 10.6. The van der Waals surface area contributed by atoms with Crippen LogP contribution in [0.4, 0.5) is 11.6 Å². The van der Waals surface area contributed by atoms with Gasteiger partial charge in [0.15, 0.2) is 5.78 Å². The summed E-state index contributed by atoms with van der Waals surface area (Å²) in [5.74, 6) is -0.0828. The summed E-state index contributed by atoms with van der Waals surface area (Å²) in [6.45, 7) is 3.63. The second kappa shape index (κ2) is 10.4. The minimum Gasteiger partial charge on any atom is -0.463 e. The number of non-ortho nitro benzene ring substituents is 1. The van der Waals surface area contributed by atoms with Gasteiger partial charge in [-0.2, -0.15) is 4.98 Å². The minimum atomic E-state index is -0.713. The van der Waals surface area contributed by atoms with Crippen molar-refractivity contribution in [2.75, 3.05) is 17.7 Å². The van der Waals surface area contributed by atoms with E-state index in [9.17, 15) is 19.7 Å². The number of nitro benzene ring substituents is 1. The van der Waals surface area contributed by atoms with Crippen LogP contribution in [-0.2, 0) is 9.53 Å². The number of ketones is 1. The SMILES string of the molecule is CCOC(=O)C1=C(C)Nc2nc(SCC(=O)c3ccc(Br)cc3)nn2C1c1ccc([N+](=O)[O-])cc1. The third-order valence-corrected chi connectivity index (χ3v) is 6.61. The number of nitrogens with one attached hydrogen (secondary N) is 1. The molecule has 1 N–H and O–H groups in total. The molecule has 1 unspecified atom stereocenters. The topological polar surface area (TPSA) is 129 Å². The van der Waals surface area contributed by atoms with Gasteiger partial charge in [-0.1, -0.05) is 39.8 Å². The van der Waals surface area contributed by atoms with E-state index >= 15 is 0 Å². The van der Waals surface area contributed by atoms with Crippen molar-refractivity contribution >= 4 is 51.1 Å². The Morgan fingerprint density at radius 1 is 1.20 bits per heavy atom. The van der Waals surface area contributed by atoms with E-state index in [1.54, 1.807) is 50.2 Å². The number of aromatic nitrogens is 3. The van der Waals surface area contributed by atoms with Crippen LogP contribution in [0.25, 0.3) is 0 Å². The van der Waals surface area contributed by atoms with E-state index in [4.69, 9.17) is 4.74 Å². The number of halogens is 1. The summed E-state index contributed by atoms with van der Waals surface area (Å²) in [5.41, 5.74) is 1.97. The van der Waals surface area contributed by atoms with Crippen LogP contribution in [0, 0.1) is 10.1 Å². The Morgan fingerprint density at radius 2 is 1.89 bits per heavy atom. The molecule has 3 aromatic rings. The zero-order valence-electron chi connectivity index (χ0n) is 18.7. The Kier molecular flexibility index (Phi) is 7.31. The van der Waals surface area contributed by atoms with E-state index in [1.807, 2.05) is 0 Å². The van der Waals surface area contributed by atoms with Crippen LogP contribution in [0.1, 0.15) is 35.8 Å². The van der Waals surface area contributed by atoms with Gasteiger partial charge in [0, 0.05) is 27.9 Å². The first-order chi connectivity index (χ1) is 16.8. The third kappa shape index (κ3) is 5.28. The number of benzene rings is 2. The number of Topliss-reactive ketones (excluding diaryl/α,β-unsaturated/α-hetero) is 1. The third-order valence-electron chi connectivity index (χ3n) is 5.25. The van der Waals surface area contributed by atoms with Crippen LogP contribution in [0.2, 0.25) is 0 Å². The van der Waals surface area contributed by atoms with E-state index in [0.717, 1.165) is 4.47 Å². The van der Waals surface area contributed by atoms with Crippen LogP contribution in [0.5, 0.6) is 0 Å². The molecule has 1 aliphatic heterocycles. The number of carbonyl (C=O) groups is 2. The number of hydrogen-bond acceptors (Lipinski definition) is 9. The highest BCUT2D eigenvalue weighted by molar-refractivity contribution is 9.10. The zero-order chi connectivity index (χ0) is 25.1. The molecule has 4 rings (SSSR count). The summed E-state index contributed by atoms with van der Waals surface area (Å²) in [7, 11) is 0. The average Bonchev–Trinajstić information content (AvgIpc) is 3.24. The highest BCUT2D eigenvalue weighted by atomic mass is 79.9. The summed E-state index contributed by atoms with van der Waals surface area (Å²) in [5, 5.41) is 19.1. The maximum Gasteiger partial charge on any atom is 0.338 e. The van der Waals surface area contributed by atoms with Gasteiger partial charge in [-0.25, -0.2) is 9.48 Å². The van der Waals surface area contributed by atoms with Gasteiger partial charge in [-0.3, -0.25) is 14.9 Å². The molecule has 0 bridgehead atoms. The van der Waals surface area contributed by atoms with Gasteiger partial charge in [0.25, 0.3) is 5.69 Å². The number of ether oxygens (including phenoxy) is 1. The van der Waals surface area contributed by atoms with Crippen LogP contribution in [0.15, 0.2) is 69.4 Å². The highest BCUT2D eigenvalue weighted by Gasteiger charge is 2.35. The number of allylic oxidation sites excluding steroid dienone is 1. The van der Waals surface area contributed by atoms with Crippen LogP contribution < -0.4 is 5.32 Å². The normalized spacial score (nSPS) is 14.8. The Hall–Kier alpha value is -3.51. The van der Waals surface area contributed by atoms with Crippen molar-refractivity contribution < 1.29 is 19.2 Å². The molecule has 2 heterocycles. The summed E-state index contributed by atoms with van der Waals surface area (Å²) in [6, 6.07) is 12.3. The predicted octanol–water partition coefficient (Wildman–Crippen LogP) is 4.78. The fourth-order valence-corrected chi connectivity index (χ4v) is 4.59. The molecule has 0 aliphatic carbocycles. The van der Waals surface area contributed by atoms with E-state index in [1.165, 1.54) is 28.6 Å². The number of esters is 1. The molecule has 0 amide bonds. The second-order valence-electron chi connectivity index (χ2n) is 7.52. The molecular weight excluding hydrogens is 538 g/mol. The molecule has 2 aromatic carbocycles. The van der Waals surface area contributed by atoms with Crippen molar-refractivity contribution in [3.63, 3.8) is 0 Å². The first-order valence-corrected chi connectivity index (χ1v) is 12.3. The molecule has 12 heteroatoms. The molecule has 0 fully saturated rings. The van der Waals surface area contributed by atoms with Crippen molar-refractivity contribution in [3.05, 3.63) is 85.5 Å². The van der Waals surface area contributed by atoms with Crippen LogP contribution >= 0.6 is 27.7 Å². The zero-order valence-corrected chi connectivity index (χ0v) is 21.1. The molecule has 0 saturated carbocycles. The predicted molar refractivity (Wildman–Crippen MR) is 133 cm³/mol. The standard InChI is InChI=1S/C23H20BrN5O5S/c1-3-34-21(31)19-13(2)25-22-26-23(35-12-18(30)14-4-8-16(24)9-5-14)27-28(22)20(19)15-6-10-17(11-7-15)29(32)33/h4-11,20H,3,12H2,1-2H3,(H,25,26,27). The van der Waals surface area contributed by atoms with Gasteiger partial charge in [-0.05, 0) is 43.7 Å². The largest absolute Gasteiger partial charge is 0.463 e. The summed E-state index contributed by atoms with van der Waals surface area (Å²) in [6.07, 6.45) is 0. The molecule has 0 radical (unpaired) electrons. The minimum absolute atomic E-state index is 0.0671. The van der Waals surface area contributed by atoms with Crippen molar-refractivity contribution in [1.82, 2.24) is 14.8 Å². The Labute approximate surface area is 213 Å². The molecular formula is C23H20BrN5O5S. The van der Waals surface area contributed by atoms with E-state index < -0.39 is 16.9 Å². The lowest BCUT2D eigenvalue weighted by molar-refractivity contribution is -0.384. The van der Waals surface area contributed by atoms with E-state index in [-0.39, 0.29) is 23.8 Å². The second-order valence-corrected chi connectivity index (χ2v) is 9.37. The van der Waals surface area contributed by atoms with Crippen molar-refractivity contribution in [2.24, 2.45) is 0 Å². The maximum atomic E-state index is 12.8. The number of hydrogen-bond donors (Lipinski definition) is 1. The van der Waals surface area contributed by atoms with Gasteiger partial charge in [0.05, 0.1) is 22.9 Å². The number of rotatable bonds is 8. The quantitative estimate of drug-likeness (QED) is 0.137. The maximum absolute atomic E-state index is 12.8. The van der Waals surface area contributed by atoms with Crippen molar-refractivity contribution in [2.45, 2.75) is 25.0 Å². The molecule has 35 heavy (non-hydrogen) atoms. The Bertz CT molecular complexity index is 1320.